The van der Waals surface area contributed by atoms with Crippen molar-refractivity contribution in [3.63, 3.8) is 0 Å². The summed E-state index contributed by atoms with van der Waals surface area (Å²) in [6.07, 6.45) is 2.53. The maximum Gasteiger partial charge on any atom is 0.306 e. The van der Waals surface area contributed by atoms with Gasteiger partial charge in [-0.2, -0.15) is 0 Å². The molecule has 2 amide bonds. The maximum absolute atomic E-state index is 14.8. The maximum atomic E-state index is 14.8. The van der Waals surface area contributed by atoms with Crippen molar-refractivity contribution in [2.75, 3.05) is 51.0 Å². The predicted octanol–water partition coefficient (Wildman–Crippen LogP) is 5.75. The second kappa shape index (κ2) is 18.3. The second-order valence-electron chi connectivity index (χ2n) is 17.3. The molecular weight excluding hydrogens is 881 g/mol. The van der Waals surface area contributed by atoms with E-state index in [1.807, 2.05) is 63.4 Å². The molecule has 16 nitrogen and oxygen atoms in total. The van der Waals surface area contributed by atoms with Crippen LogP contribution in [0.5, 0.6) is 5.75 Å². The van der Waals surface area contributed by atoms with Gasteiger partial charge in [0, 0.05) is 39.5 Å². The summed E-state index contributed by atoms with van der Waals surface area (Å²) in [7, 11) is 0.139. The number of carbonyl (C=O) groups excluding carboxylic acids is 3. The Morgan fingerprint density at radius 3 is 2.27 bits per heavy atom. The molecule has 0 radical (unpaired) electrons. The summed E-state index contributed by atoms with van der Waals surface area (Å²) in [5, 5.41) is 8.42. The van der Waals surface area contributed by atoms with E-state index in [0.717, 1.165) is 11.1 Å². The fraction of sp³-hybridized carbons (Fsp3) is 0.489. The van der Waals surface area contributed by atoms with E-state index in [9.17, 15) is 22.8 Å². The van der Waals surface area contributed by atoms with Gasteiger partial charge in [0.05, 0.1) is 61.8 Å². The number of sulfonamides is 1. The molecule has 4 saturated heterocycles. The summed E-state index contributed by atoms with van der Waals surface area (Å²) < 4.78 is 61.0. The van der Waals surface area contributed by atoms with Gasteiger partial charge in [0.25, 0.3) is 21.8 Å². The SMILES string of the molecule is CN1C(=O)[C@@]23C[C@]4(c5ccc(OCCCn6cc(COCCOCCOCCCC(=O)OC(C)(C)C)nn6)cc5)c5ccccc5N(S(=O)(=O)c5ccccc5)[C@@H]4N2C(=O)[C@]1(C)SS3. The molecule has 5 aliphatic heterocycles. The molecule has 19 heteroatoms. The van der Waals surface area contributed by atoms with Gasteiger partial charge in [-0.15, -0.1) is 5.10 Å². The molecular formula is C45H54N6O10S3. The lowest BCUT2D eigenvalue weighted by molar-refractivity contribution is -0.163. The summed E-state index contributed by atoms with van der Waals surface area (Å²) in [5.74, 6) is -0.124. The third-order valence-electron chi connectivity index (χ3n) is 11.8. The number of carbonyl (C=O) groups is 3. The summed E-state index contributed by atoms with van der Waals surface area (Å²) in [6.45, 7) is 10.6. The number of hydrogen-bond donors (Lipinski definition) is 0. The normalized spacial score (nSPS) is 23.6. The van der Waals surface area contributed by atoms with E-state index in [1.54, 1.807) is 66.0 Å². The topological polar surface area (TPSA) is 172 Å². The Bertz CT molecular complexity index is 2450. The molecule has 6 heterocycles. The number of fused-ring (bicyclic) bond motifs is 5. The van der Waals surface area contributed by atoms with Gasteiger partial charge in [-0.3, -0.25) is 24.0 Å². The number of ether oxygens (including phenoxy) is 5. The molecule has 0 N–H and O–H groups in total. The van der Waals surface area contributed by atoms with Crippen LogP contribution in [-0.2, 0) is 61.9 Å². The zero-order valence-electron chi connectivity index (χ0n) is 36.6. The van der Waals surface area contributed by atoms with Crippen molar-refractivity contribution in [1.29, 1.82) is 0 Å². The Balaban J connectivity index is 0.864. The molecule has 3 aromatic carbocycles. The Kier molecular flexibility index (Phi) is 13.1. The first-order chi connectivity index (χ1) is 30.6. The van der Waals surface area contributed by atoms with E-state index in [-0.39, 0.29) is 29.1 Å². The van der Waals surface area contributed by atoms with Crippen LogP contribution in [0.1, 0.15) is 70.2 Å². The number of rotatable bonds is 20. The van der Waals surface area contributed by atoms with Crippen LogP contribution in [0.15, 0.2) is 90.0 Å². The molecule has 0 unspecified atom stereocenters. The number of benzene rings is 3. The second-order valence-corrected chi connectivity index (χ2v) is 21.9. The largest absolute Gasteiger partial charge is 0.494 e. The molecule has 2 bridgehead atoms. The highest BCUT2D eigenvalue weighted by atomic mass is 33.1. The first-order valence-corrected chi connectivity index (χ1v) is 25.0. The summed E-state index contributed by atoms with van der Waals surface area (Å²) in [4.78, 5) is 41.5. The van der Waals surface area contributed by atoms with Crippen LogP contribution in [0.4, 0.5) is 5.69 Å². The van der Waals surface area contributed by atoms with Crippen LogP contribution < -0.4 is 9.04 Å². The number of amides is 2. The number of likely N-dealkylation sites (N-methyl/N-ethyl adjacent to an activating group) is 1. The molecule has 342 valence electrons. The highest BCUT2D eigenvalue weighted by molar-refractivity contribution is 8.78. The highest BCUT2D eigenvalue weighted by Gasteiger charge is 2.79. The molecule has 1 aromatic heterocycles. The molecule has 9 rings (SSSR count). The molecule has 4 fully saturated rings. The zero-order valence-corrected chi connectivity index (χ0v) is 39.1. The first-order valence-electron chi connectivity index (χ1n) is 21.4. The minimum atomic E-state index is -4.22. The Labute approximate surface area is 381 Å². The van der Waals surface area contributed by atoms with Crippen LogP contribution in [-0.4, -0.2) is 119 Å². The van der Waals surface area contributed by atoms with E-state index >= 15 is 0 Å². The average molecular weight is 935 g/mol. The van der Waals surface area contributed by atoms with Gasteiger partial charge >= 0.3 is 5.97 Å². The minimum Gasteiger partial charge on any atom is -0.494 e. The molecule has 4 aromatic rings. The minimum absolute atomic E-state index is 0.0955. The number of aryl methyl sites for hydroxylation is 1. The van der Waals surface area contributed by atoms with Crippen molar-refractivity contribution in [2.24, 2.45) is 0 Å². The van der Waals surface area contributed by atoms with E-state index in [1.165, 1.54) is 30.8 Å². The van der Waals surface area contributed by atoms with Gasteiger partial charge in [-0.05, 0) is 75.6 Å². The van der Waals surface area contributed by atoms with Crippen LogP contribution in [0, 0.1) is 0 Å². The number of piperazine rings is 1. The molecule has 64 heavy (non-hydrogen) atoms. The van der Waals surface area contributed by atoms with E-state index in [0.29, 0.717) is 89.2 Å². The monoisotopic (exact) mass is 934 g/mol. The fourth-order valence-electron chi connectivity index (χ4n) is 8.79. The fourth-order valence-corrected chi connectivity index (χ4v) is 14.0. The van der Waals surface area contributed by atoms with Crippen LogP contribution in [0.25, 0.3) is 0 Å². The standard InChI is InChI=1S/C45H54N6O10S3/c1-42(2,3)61-38(52)17-11-23-57-25-26-58-27-28-59-30-33-29-49(47-46-33)22-12-24-60-34-20-18-32(19-21-34)44-31-45-41(54)48(5)43(4,62-63-45)40(53)50(45)39(44)51(37-16-10-9-15-36(37)44)64(55,56)35-13-7-6-8-14-35/h6-10,13-16,18-21,29,39H,11-12,17,22-28,30-31H2,1-5H3/t39-,43-,44-,45-/m0/s1. The van der Waals surface area contributed by atoms with Gasteiger partial charge in [-0.25, -0.2) is 12.7 Å². The van der Waals surface area contributed by atoms with Crippen molar-refractivity contribution in [3.05, 3.63) is 102 Å². The van der Waals surface area contributed by atoms with Crippen molar-refractivity contribution in [3.8, 4) is 5.75 Å². The third-order valence-corrected chi connectivity index (χ3v) is 17.3. The van der Waals surface area contributed by atoms with Crippen molar-refractivity contribution in [1.82, 2.24) is 24.8 Å². The lowest BCUT2D eigenvalue weighted by Crippen LogP contribution is -2.76. The lowest BCUT2D eigenvalue weighted by Gasteiger charge is -2.58. The number of para-hydroxylation sites is 1. The van der Waals surface area contributed by atoms with E-state index in [4.69, 9.17) is 23.7 Å². The third kappa shape index (κ3) is 8.50. The Morgan fingerprint density at radius 1 is 0.844 bits per heavy atom. The number of esters is 1. The number of anilines is 1. The summed E-state index contributed by atoms with van der Waals surface area (Å²) in [5.41, 5.74) is 1.11. The molecule has 4 atom stereocenters. The molecule has 5 aliphatic rings. The lowest BCUT2D eigenvalue weighted by atomic mass is 9.72. The smallest absolute Gasteiger partial charge is 0.306 e. The Morgan fingerprint density at radius 2 is 1.53 bits per heavy atom. The van der Waals surface area contributed by atoms with Crippen LogP contribution >= 0.6 is 21.6 Å². The molecule has 0 saturated carbocycles. The van der Waals surface area contributed by atoms with Gasteiger partial charge in [0.1, 0.15) is 23.2 Å². The van der Waals surface area contributed by atoms with E-state index < -0.39 is 36.9 Å². The number of hydrogen-bond acceptors (Lipinski definition) is 14. The zero-order chi connectivity index (χ0) is 45.3. The van der Waals surface area contributed by atoms with Crippen molar-refractivity contribution >= 4 is 55.1 Å². The quantitative estimate of drug-likeness (QED) is 0.0596. The average Bonchev–Trinajstić information content (AvgIpc) is 3.94. The van der Waals surface area contributed by atoms with Crippen molar-refractivity contribution < 1.29 is 46.5 Å². The van der Waals surface area contributed by atoms with Gasteiger partial charge in [0.2, 0.25) is 0 Å². The van der Waals surface area contributed by atoms with Crippen LogP contribution in [0.2, 0.25) is 0 Å². The van der Waals surface area contributed by atoms with Gasteiger partial charge in [0.15, 0.2) is 9.74 Å². The Hall–Kier alpha value is -4.66. The molecule has 1 spiro atoms. The molecule has 0 aliphatic carbocycles. The highest BCUT2D eigenvalue weighted by Crippen LogP contribution is 2.71. The van der Waals surface area contributed by atoms with Gasteiger partial charge in [-0.1, -0.05) is 75.3 Å². The van der Waals surface area contributed by atoms with Crippen molar-refractivity contribution in [2.45, 2.75) is 98.3 Å². The first kappa shape index (κ1) is 45.9. The van der Waals surface area contributed by atoms with E-state index in [2.05, 4.69) is 10.3 Å². The number of nitrogens with zero attached hydrogens (tertiary/aromatic N) is 6. The van der Waals surface area contributed by atoms with Crippen LogP contribution in [0.3, 0.4) is 0 Å². The van der Waals surface area contributed by atoms with Gasteiger partial charge < -0.3 is 28.6 Å². The number of aromatic nitrogens is 3. The summed E-state index contributed by atoms with van der Waals surface area (Å²) in [6, 6.07) is 23.2. The predicted molar refractivity (Wildman–Crippen MR) is 241 cm³/mol. The summed E-state index contributed by atoms with van der Waals surface area (Å²) >= 11 is 0.